The summed E-state index contributed by atoms with van der Waals surface area (Å²) in [5, 5.41) is 69.9. The number of nitrogens with zero attached hydrogens (tertiary/aromatic N) is 2. The Labute approximate surface area is 694 Å². The summed E-state index contributed by atoms with van der Waals surface area (Å²) in [6.07, 6.45) is 1.95. The number of hydrogen-bond donors (Lipinski definition) is 22. The molecule has 120 heavy (non-hydrogen) atoms. The Morgan fingerprint density at radius 1 is 0.500 bits per heavy atom. The van der Waals surface area contributed by atoms with Gasteiger partial charge in [0.05, 0.1) is 38.5 Å². The molecule has 1 aliphatic heterocycles. The van der Waals surface area contributed by atoms with Gasteiger partial charge in [-0.2, -0.15) is 0 Å². The van der Waals surface area contributed by atoms with E-state index in [4.69, 9.17) is 11.5 Å². The highest BCUT2D eigenvalue weighted by molar-refractivity contribution is 6.01. The van der Waals surface area contributed by atoms with Crippen molar-refractivity contribution in [3.63, 3.8) is 0 Å². The number of primary amides is 2. The number of amides is 17. The number of H-pyrrole nitrogens is 2. The fourth-order valence-corrected chi connectivity index (χ4v) is 13.1. The zero-order valence-electron chi connectivity index (χ0n) is 69.8. The number of likely N-dealkylation sites (tertiary alicyclic amines) is 1. The van der Waals surface area contributed by atoms with E-state index in [0.29, 0.717) is 23.2 Å². The molecule has 1 saturated heterocycles. The molecule has 17 amide bonds. The fraction of sp³-hybridized carbons (Fsp3) is 0.570. The smallest absolute Gasteiger partial charge is 0.245 e. The largest absolute Gasteiger partial charge is 0.508 e. The number of aromatic nitrogens is 3. The average Bonchev–Trinajstić information content (AvgIpc) is 1.67. The number of carbonyl (C=O) groups excluding carboxylic acids is 17. The average molecular weight is 1680 g/mol. The molecule has 41 nitrogen and oxygen atoms in total. The molecule has 3 heterocycles. The predicted octanol–water partition coefficient (Wildman–Crippen LogP) is -5.16. The van der Waals surface area contributed by atoms with Crippen LogP contribution in [0.2, 0.25) is 0 Å². The van der Waals surface area contributed by atoms with Gasteiger partial charge < -0.3 is 121 Å². The number of aliphatic hydroxyl groups excluding tert-OH is 2. The fourth-order valence-electron chi connectivity index (χ4n) is 13.1. The number of nitrogens with one attached hydrogen (secondary N) is 17. The second kappa shape index (κ2) is 47.5. The highest BCUT2D eigenvalue weighted by Gasteiger charge is 2.42. The van der Waals surface area contributed by atoms with Crippen molar-refractivity contribution in [1.29, 1.82) is 0 Å². The Hall–Kier alpha value is -12.1. The molecule has 0 unspecified atom stereocenters. The number of hydrogen-bond acceptors (Lipinski definition) is 22. The Kier molecular flexibility index (Phi) is 38.9. The molecular formula is C79H119N21O20. The van der Waals surface area contributed by atoms with Gasteiger partial charge in [-0.15, -0.1) is 0 Å². The quantitative estimate of drug-likeness (QED) is 0.0197. The summed E-state index contributed by atoms with van der Waals surface area (Å²) in [4.78, 5) is 244. The Morgan fingerprint density at radius 2 is 0.975 bits per heavy atom. The van der Waals surface area contributed by atoms with E-state index in [1.807, 2.05) is 12.1 Å². The second-order valence-electron chi connectivity index (χ2n) is 31.6. The van der Waals surface area contributed by atoms with E-state index in [0.717, 1.165) is 10.9 Å². The van der Waals surface area contributed by atoms with Gasteiger partial charge in [-0.3, -0.25) is 81.5 Å². The Morgan fingerprint density at radius 3 is 1.51 bits per heavy atom. The van der Waals surface area contributed by atoms with Gasteiger partial charge in [0.25, 0.3) is 0 Å². The standard InChI is InChI=1S/C79H119N21O20/c1-38(2)25-52(69(110)89-44(11)79(120)100-24-16-19-60(100)77(118)95-57(30-48-33-83-37-86-48)70(111)88-43(10)68(109)98-64(41(7)8)66(81)107)92-71(112)53(26-39(3)4)93-73(114)55(28-46-20-22-49(103)23-21-46)90-63(106)35-85-67(108)42(9)87-76(117)59(36-101)97-74(115)58(31-61(80)104)94-72(113)54(27-40(5)6)96-78(119)65(45(12)102)99-75(116)56(91-62(105)34-82-13)29-47-32-84-51-18-15-14-17-50(47)51/h14-15,17-18,20-23,32-33,37-45,52-60,64-65,82,84,101-103H,16,19,24-31,34-36H2,1-13H3,(H2,80,104)(H2,81,107)(H,83,86)(H,85,108)(H,87,117)(H,88,111)(H,89,110)(H,90,106)(H,91,105)(H,92,112)(H,93,114)(H,94,113)(H,95,118)(H,96,119)(H,97,115)(H,98,109)(H,99,116)/t42-,43-,44+,45+,52-,53-,54-,55-,56-,57-,58-,59-,60-,64-,65-/m0/s1. The van der Waals surface area contributed by atoms with Crippen LogP contribution in [0.25, 0.3) is 10.9 Å². The van der Waals surface area contributed by atoms with Crippen LogP contribution in [0.4, 0.5) is 0 Å². The molecule has 2 aromatic heterocycles. The molecule has 0 bridgehead atoms. The molecule has 0 spiro atoms. The number of rotatable bonds is 48. The second-order valence-corrected chi connectivity index (χ2v) is 31.6. The number of benzene rings is 2. The van der Waals surface area contributed by atoms with Gasteiger partial charge in [0.15, 0.2) is 0 Å². The minimum absolute atomic E-state index is 0.0176. The summed E-state index contributed by atoms with van der Waals surface area (Å²) in [5.41, 5.74) is 13.2. The van der Waals surface area contributed by atoms with E-state index in [1.165, 1.54) is 76.4 Å². The van der Waals surface area contributed by atoms with Gasteiger partial charge in [-0.1, -0.05) is 85.7 Å². The number of aliphatic hydroxyl groups is 2. The SMILES string of the molecule is CNCC(=O)N[C@@H](Cc1c[nH]c2ccccc12)C(=O)N[C@H](C(=O)N[C@@H](CC(C)C)C(=O)N[C@@H](CC(N)=O)C(=O)N[C@@H](CO)C(=O)N[C@@H](C)C(=O)NCC(=O)N[C@@H](Cc1ccc(O)cc1)C(=O)N[C@@H](CC(C)C)C(=O)N[C@@H](CC(C)C)C(=O)N[C@H](C)C(=O)N1CCC[C@H]1C(=O)N[C@@H](Cc1cnc[nH]1)C(=O)N[C@@H](C)C(=O)N[C@H](C(N)=O)C(C)C)[C@@H](C)O. The molecule has 4 aromatic rings. The van der Waals surface area contributed by atoms with Gasteiger partial charge in [0.1, 0.15) is 90.3 Å². The van der Waals surface area contributed by atoms with Crippen molar-refractivity contribution in [1.82, 2.24) is 99.6 Å². The van der Waals surface area contributed by atoms with Gasteiger partial charge in [-0.05, 0) is 120 Å². The predicted molar refractivity (Wildman–Crippen MR) is 435 cm³/mol. The number of phenolic OH excluding ortho intramolecular Hbond substituents is 1. The first-order chi connectivity index (χ1) is 56.5. The lowest BCUT2D eigenvalue weighted by molar-refractivity contribution is -0.142. The number of nitrogens with two attached hydrogens (primary N) is 2. The summed E-state index contributed by atoms with van der Waals surface area (Å²) in [7, 11) is 1.52. The molecule has 660 valence electrons. The maximum atomic E-state index is 14.5. The molecule has 5 rings (SSSR count). The highest BCUT2D eigenvalue weighted by atomic mass is 16.3. The first-order valence-electron chi connectivity index (χ1n) is 39.8. The number of aromatic amines is 2. The summed E-state index contributed by atoms with van der Waals surface area (Å²) in [6, 6.07) is -7.18. The molecule has 0 radical (unpaired) electrons. The number of fused-ring (bicyclic) bond motifs is 1. The number of imidazole rings is 1. The number of para-hydroxylation sites is 1. The lowest BCUT2D eigenvalue weighted by Crippen LogP contribution is -2.62. The molecule has 1 aliphatic rings. The van der Waals surface area contributed by atoms with Crippen molar-refractivity contribution in [2.75, 3.05) is 33.3 Å². The Balaban J connectivity index is 1.22. The van der Waals surface area contributed by atoms with Crippen LogP contribution in [0.5, 0.6) is 5.75 Å². The van der Waals surface area contributed by atoms with Crippen LogP contribution in [-0.4, -0.2) is 260 Å². The lowest BCUT2D eigenvalue weighted by atomic mass is 9.99. The number of carbonyl (C=O) groups is 17. The minimum Gasteiger partial charge on any atom is -0.508 e. The van der Waals surface area contributed by atoms with E-state index in [-0.39, 0.29) is 87.5 Å². The molecule has 15 atom stereocenters. The molecule has 41 heteroatoms. The van der Waals surface area contributed by atoms with E-state index >= 15 is 0 Å². The lowest BCUT2D eigenvalue weighted by Gasteiger charge is -2.30. The van der Waals surface area contributed by atoms with E-state index < -0.39 is 211 Å². The third-order valence-electron chi connectivity index (χ3n) is 19.4. The maximum absolute atomic E-state index is 14.5. The molecule has 24 N–H and O–H groups in total. The van der Waals surface area contributed by atoms with Crippen molar-refractivity contribution in [3.05, 3.63) is 84.1 Å². The van der Waals surface area contributed by atoms with Crippen molar-refractivity contribution >= 4 is 111 Å². The van der Waals surface area contributed by atoms with Crippen LogP contribution < -0.4 is 91.2 Å². The monoisotopic (exact) mass is 1680 g/mol. The summed E-state index contributed by atoms with van der Waals surface area (Å²) >= 11 is 0. The van der Waals surface area contributed by atoms with Crippen LogP contribution in [0.3, 0.4) is 0 Å². The van der Waals surface area contributed by atoms with Crippen LogP contribution in [0.15, 0.2) is 67.3 Å². The van der Waals surface area contributed by atoms with Crippen LogP contribution in [0, 0.1) is 23.7 Å². The van der Waals surface area contributed by atoms with Gasteiger partial charge >= 0.3 is 0 Å². The molecule has 0 saturated carbocycles. The number of phenols is 1. The molecule has 2 aromatic carbocycles. The van der Waals surface area contributed by atoms with E-state index in [1.54, 1.807) is 73.7 Å². The minimum atomic E-state index is -1.88. The highest BCUT2D eigenvalue weighted by Crippen LogP contribution is 2.23. The zero-order chi connectivity index (χ0) is 89.5. The summed E-state index contributed by atoms with van der Waals surface area (Å²) in [6.45, 7) is 16.9. The van der Waals surface area contributed by atoms with Crippen molar-refractivity contribution in [3.8, 4) is 5.75 Å². The molecule has 0 aliphatic carbocycles. The first-order valence-corrected chi connectivity index (χ1v) is 39.8. The van der Waals surface area contributed by atoms with Crippen molar-refractivity contribution in [2.24, 2.45) is 35.1 Å². The van der Waals surface area contributed by atoms with E-state index in [2.05, 4.69) is 94.7 Å². The van der Waals surface area contributed by atoms with Crippen LogP contribution in [0.1, 0.15) is 138 Å². The molecular weight excluding hydrogens is 1560 g/mol. The third-order valence-corrected chi connectivity index (χ3v) is 19.4. The normalized spacial score (nSPS) is 16.1. The Bertz CT molecular complexity index is 4230. The van der Waals surface area contributed by atoms with Gasteiger partial charge in [-0.25, -0.2) is 4.98 Å². The first kappa shape index (κ1) is 98.4. The topological polar surface area (TPSA) is 631 Å². The van der Waals surface area contributed by atoms with E-state index in [9.17, 15) is 96.8 Å². The van der Waals surface area contributed by atoms with Gasteiger partial charge in [0.2, 0.25) is 100 Å². The van der Waals surface area contributed by atoms with Crippen molar-refractivity contribution < 1.29 is 96.8 Å². The molecule has 1 fully saturated rings. The zero-order valence-corrected chi connectivity index (χ0v) is 69.8. The number of likely N-dealkylation sites (N-methyl/N-ethyl adjacent to an activating group) is 1. The van der Waals surface area contributed by atoms with Crippen LogP contribution in [-0.2, 0) is 101 Å². The summed E-state index contributed by atoms with van der Waals surface area (Å²) < 4.78 is 0. The van der Waals surface area contributed by atoms with Crippen LogP contribution >= 0.6 is 0 Å². The maximum Gasteiger partial charge on any atom is 0.245 e. The number of aromatic hydroxyl groups is 1. The summed E-state index contributed by atoms with van der Waals surface area (Å²) in [5.74, 6) is -16.7. The van der Waals surface area contributed by atoms with Gasteiger partial charge in [0, 0.05) is 54.8 Å². The third kappa shape index (κ3) is 31.3. The van der Waals surface area contributed by atoms with Crippen molar-refractivity contribution in [2.45, 2.75) is 232 Å².